The lowest BCUT2D eigenvalue weighted by Crippen LogP contribution is -2.46. The topological polar surface area (TPSA) is 79.8 Å². The van der Waals surface area contributed by atoms with Gasteiger partial charge in [0.25, 0.3) is 5.56 Å². The number of fused-ring (bicyclic) bond motifs is 3. The van der Waals surface area contributed by atoms with Crippen molar-refractivity contribution in [2.75, 3.05) is 0 Å². The second-order valence-electron chi connectivity index (χ2n) is 8.15. The van der Waals surface area contributed by atoms with Gasteiger partial charge in [0.2, 0.25) is 5.91 Å². The number of benzene rings is 1. The molecule has 1 aliphatic rings. The number of para-hydroxylation sites is 1. The first-order valence-electron chi connectivity index (χ1n) is 10.3. The average Bonchev–Trinajstić information content (AvgIpc) is 3.02. The first kappa shape index (κ1) is 18.7. The van der Waals surface area contributed by atoms with Crippen molar-refractivity contribution in [1.29, 1.82) is 0 Å². The van der Waals surface area contributed by atoms with Crippen molar-refractivity contribution < 1.29 is 4.79 Å². The number of nitrogens with zero attached hydrogens (tertiary/aromatic N) is 2. The third kappa shape index (κ3) is 3.01. The fourth-order valence-electron chi connectivity index (χ4n) is 4.73. The first-order chi connectivity index (χ1) is 13.5. The Balaban J connectivity index is 1.78. The summed E-state index contributed by atoms with van der Waals surface area (Å²) in [7, 11) is 0. The van der Waals surface area contributed by atoms with Crippen LogP contribution in [0.1, 0.15) is 52.5 Å². The van der Waals surface area contributed by atoms with E-state index in [2.05, 4.69) is 29.4 Å². The summed E-state index contributed by atoms with van der Waals surface area (Å²) >= 11 is 0. The molecule has 1 amide bonds. The van der Waals surface area contributed by atoms with Crippen LogP contribution in [0.2, 0.25) is 0 Å². The molecule has 0 unspecified atom stereocenters. The quantitative estimate of drug-likeness (QED) is 0.723. The van der Waals surface area contributed by atoms with Crippen molar-refractivity contribution in [3.05, 3.63) is 40.8 Å². The van der Waals surface area contributed by atoms with Crippen LogP contribution < -0.4 is 10.9 Å². The maximum Gasteiger partial charge on any atom is 0.288 e. The molecule has 1 fully saturated rings. The van der Waals surface area contributed by atoms with Crippen LogP contribution in [0.4, 0.5) is 0 Å². The van der Waals surface area contributed by atoms with Gasteiger partial charge in [-0.3, -0.25) is 9.59 Å². The summed E-state index contributed by atoms with van der Waals surface area (Å²) < 4.78 is 1.90. The van der Waals surface area contributed by atoms with Crippen molar-refractivity contribution in [3.63, 3.8) is 0 Å². The Morgan fingerprint density at radius 2 is 2.07 bits per heavy atom. The van der Waals surface area contributed by atoms with E-state index in [0.717, 1.165) is 29.1 Å². The Labute approximate surface area is 164 Å². The lowest BCUT2D eigenvalue weighted by Gasteiger charge is -2.35. The highest BCUT2D eigenvalue weighted by Gasteiger charge is 2.31. The Hall–Kier alpha value is -2.63. The van der Waals surface area contributed by atoms with E-state index in [9.17, 15) is 9.59 Å². The van der Waals surface area contributed by atoms with Crippen LogP contribution in [0.25, 0.3) is 21.8 Å². The zero-order chi connectivity index (χ0) is 19.8. The average molecular weight is 380 g/mol. The number of amides is 1. The van der Waals surface area contributed by atoms with Gasteiger partial charge in [-0.15, -0.1) is 0 Å². The molecule has 0 bridgehead atoms. The number of hydrogen-bond acceptors (Lipinski definition) is 3. The summed E-state index contributed by atoms with van der Waals surface area (Å²) in [6, 6.07) is 7.59. The van der Waals surface area contributed by atoms with Crippen molar-refractivity contribution >= 4 is 27.7 Å². The summed E-state index contributed by atoms with van der Waals surface area (Å²) in [5.74, 6) is 1.06. The van der Waals surface area contributed by atoms with E-state index in [0.29, 0.717) is 23.8 Å². The molecule has 2 N–H and O–H groups in total. The predicted octanol–water partition coefficient (Wildman–Crippen LogP) is 3.77. The number of nitrogens with one attached hydrogen (secondary N) is 2. The van der Waals surface area contributed by atoms with Crippen LogP contribution in [0, 0.1) is 11.8 Å². The fraction of sp³-hybridized carbons (Fsp3) is 0.500. The molecule has 148 valence electrons. The van der Waals surface area contributed by atoms with Crippen molar-refractivity contribution in [1.82, 2.24) is 20.1 Å². The second-order valence-corrected chi connectivity index (χ2v) is 8.15. The van der Waals surface area contributed by atoms with Gasteiger partial charge in [0.15, 0.2) is 0 Å². The largest absolute Gasteiger partial charge is 0.351 e. The molecule has 1 aromatic carbocycles. The summed E-state index contributed by atoms with van der Waals surface area (Å²) in [6.07, 6.45) is 5.67. The van der Waals surface area contributed by atoms with Crippen LogP contribution in [0.3, 0.4) is 0 Å². The van der Waals surface area contributed by atoms with Crippen LogP contribution in [-0.4, -0.2) is 26.7 Å². The van der Waals surface area contributed by atoms with Crippen LogP contribution >= 0.6 is 0 Å². The molecule has 4 atom stereocenters. The molecule has 3 aromatic rings. The number of carbonyl (C=O) groups is 1. The number of aromatic nitrogens is 3. The monoisotopic (exact) mass is 380 g/mol. The SMILES string of the molecule is CC[C@H](C(=O)N[C@@H]1CCC[C@H](C)[C@H]1C)n1c2ccccc2c2cn[nH]c(=O)c21. The Bertz CT molecular complexity index is 1070. The third-order valence-corrected chi connectivity index (χ3v) is 6.56. The third-order valence-electron chi connectivity index (χ3n) is 6.56. The molecule has 6 nitrogen and oxygen atoms in total. The number of H-pyrrole nitrogens is 1. The van der Waals surface area contributed by atoms with Crippen LogP contribution in [0.5, 0.6) is 0 Å². The molecule has 0 radical (unpaired) electrons. The smallest absolute Gasteiger partial charge is 0.288 e. The van der Waals surface area contributed by atoms with Gasteiger partial charge in [-0.05, 0) is 30.7 Å². The van der Waals surface area contributed by atoms with Gasteiger partial charge in [0.05, 0.1) is 11.7 Å². The van der Waals surface area contributed by atoms with E-state index in [1.807, 2.05) is 35.8 Å². The zero-order valence-corrected chi connectivity index (χ0v) is 16.7. The van der Waals surface area contributed by atoms with E-state index in [-0.39, 0.29) is 17.5 Å². The highest BCUT2D eigenvalue weighted by Crippen LogP contribution is 2.32. The minimum atomic E-state index is -0.435. The second kappa shape index (κ2) is 7.41. The van der Waals surface area contributed by atoms with Crippen molar-refractivity contribution in [2.24, 2.45) is 11.8 Å². The molecule has 2 heterocycles. The normalized spacial score (nSPS) is 23.8. The number of aromatic amines is 1. The summed E-state index contributed by atoms with van der Waals surface area (Å²) in [6.45, 7) is 6.49. The molecule has 6 heteroatoms. The van der Waals surface area contributed by atoms with Crippen LogP contribution in [-0.2, 0) is 4.79 Å². The summed E-state index contributed by atoms with van der Waals surface area (Å²) in [4.78, 5) is 26.0. The minimum Gasteiger partial charge on any atom is -0.351 e. The molecule has 0 aliphatic heterocycles. The first-order valence-corrected chi connectivity index (χ1v) is 10.3. The summed E-state index contributed by atoms with van der Waals surface area (Å²) in [5.41, 5.74) is 1.14. The standard InChI is InChI=1S/C22H28N4O2/c1-4-18(21(27)24-17-10-7-8-13(2)14(17)3)26-19-11-6-5-9-15(19)16-12-23-25-22(28)20(16)26/h5-6,9,11-14,17-18H,4,7-8,10H2,1-3H3,(H,24,27)(H,25,28)/t13-,14+,17+,18+/m0/s1. The Morgan fingerprint density at radius 1 is 1.29 bits per heavy atom. The molecule has 0 saturated heterocycles. The highest BCUT2D eigenvalue weighted by atomic mass is 16.2. The molecular formula is C22H28N4O2. The maximum atomic E-state index is 13.3. The molecule has 2 aromatic heterocycles. The molecule has 0 spiro atoms. The summed E-state index contributed by atoms with van der Waals surface area (Å²) in [5, 5.41) is 11.5. The van der Waals surface area contributed by atoms with E-state index in [1.165, 1.54) is 6.42 Å². The van der Waals surface area contributed by atoms with Gasteiger partial charge < -0.3 is 9.88 Å². The van der Waals surface area contributed by atoms with E-state index in [1.54, 1.807) is 6.20 Å². The van der Waals surface area contributed by atoms with E-state index < -0.39 is 6.04 Å². The van der Waals surface area contributed by atoms with Crippen molar-refractivity contribution in [3.8, 4) is 0 Å². The highest BCUT2D eigenvalue weighted by molar-refractivity contribution is 6.08. The van der Waals surface area contributed by atoms with Gasteiger partial charge in [0.1, 0.15) is 11.6 Å². The number of carbonyl (C=O) groups excluding carboxylic acids is 1. The minimum absolute atomic E-state index is 0.00712. The Morgan fingerprint density at radius 3 is 2.86 bits per heavy atom. The lowest BCUT2D eigenvalue weighted by atomic mass is 9.78. The van der Waals surface area contributed by atoms with Gasteiger partial charge in [-0.25, -0.2) is 5.10 Å². The fourth-order valence-corrected chi connectivity index (χ4v) is 4.73. The maximum absolute atomic E-state index is 13.3. The molecule has 1 aliphatic carbocycles. The van der Waals surface area contributed by atoms with Crippen molar-refractivity contribution in [2.45, 2.75) is 58.5 Å². The van der Waals surface area contributed by atoms with Gasteiger partial charge in [-0.2, -0.15) is 5.10 Å². The van der Waals surface area contributed by atoms with E-state index >= 15 is 0 Å². The molecular weight excluding hydrogens is 352 g/mol. The number of hydrogen-bond donors (Lipinski definition) is 2. The van der Waals surface area contributed by atoms with Gasteiger partial charge in [-0.1, -0.05) is 51.8 Å². The van der Waals surface area contributed by atoms with Crippen LogP contribution in [0.15, 0.2) is 35.3 Å². The van der Waals surface area contributed by atoms with Gasteiger partial charge in [0, 0.05) is 16.8 Å². The molecule has 28 heavy (non-hydrogen) atoms. The lowest BCUT2D eigenvalue weighted by molar-refractivity contribution is -0.125. The Kier molecular flexibility index (Phi) is 4.96. The van der Waals surface area contributed by atoms with Gasteiger partial charge >= 0.3 is 0 Å². The zero-order valence-electron chi connectivity index (χ0n) is 16.7. The number of rotatable bonds is 4. The molecule has 1 saturated carbocycles. The molecule has 4 rings (SSSR count). The van der Waals surface area contributed by atoms with E-state index in [4.69, 9.17) is 0 Å². The predicted molar refractivity (Wildman–Crippen MR) is 111 cm³/mol.